The Kier molecular flexibility index (Phi) is 4.96. The number of esters is 1. The van der Waals surface area contributed by atoms with Gasteiger partial charge in [0.05, 0.1) is 6.42 Å². The smallest absolute Gasteiger partial charge is 0.323 e. The number of hydrogen-bond donors (Lipinski definition) is 1. The molecule has 1 aliphatic rings. The van der Waals surface area contributed by atoms with Crippen molar-refractivity contribution in [2.45, 2.75) is 33.2 Å². The van der Waals surface area contributed by atoms with Crippen LogP contribution >= 0.6 is 0 Å². The monoisotopic (exact) mass is 290 g/mol. The first kappa shape index (κ1) is 15.5. The van der Waals surface area contributed by atoms with E-state index in [2.05, 4.69) is 5.32 Å². The molecule has 1 atom stereocenters. The molecule has 1 saturated heterocycles. The van der Waals surface area contributed by atoms with E-state index in [1.807, 2.05) is 43.9 Å². The normalized spacial score (nSPS) is 19.2. The van der Waals surface area contributed by atoms with Crippen LogP contribution in [0.2, 0.25) is 0 Å². The molecule has 1 aromatic rings. The molecule has 1 aliphatic heterocycles. The van der Waals surface area contributed by atoms with Crippen molar-refractivity contribution in [1.29, 1.82) is 0 Å². The van der Waals surface area contributed by atoms with Crippen molar-refractivity contribution in [3.63, 3.8) is 0 Å². The van der Waals surface area contributed by atoms with Crippen molar-refractivity contribution >= 4 is 17.6 Å². The first-order chi connectivity index (χ1) is 9.99. The lowest BCUT2D eigenvalue weighted by Gasteiger charge is -2.32. The third-order valence-electron chi connectivity index (χ3n) is 3.63. The topological polar surface area (TPSA) is 58.6 Å². The molecule has 114 valence electrons. The Hall–Kier alpha value is -1.88. The number of nitrogens with zero attached hydrogens (tertiary/aromatic N) is 1. The van der Waals surface area contributed by atoms with Gasteiger partial charge in [-0.3, -0.25) is 14.5 Å². The number of anilines is 1. The Morgan fingerprint density at radius 3 is 2.62 bits per heavy atom. The summed E-state index contributed by atoms with van der Waals surface area (Å²) in [4.78, 5) is 26.0. The predicted molar refractivity (Wildman–Crippen MR) is 81.2 cm³/mol. The van der Waals surface area contributed by atoms with Gasteiger partial charge in [0.15, 0.2) is 0 Å². The number of ether oxygens (including phenoxy) is 1. The number of carbonyl (C=O) groups excluding carboxylic acids is 2. The van der Waals surface area contributed by atoms with Gasteiger partial charge in [-0.05, 0) is 43.7 Å². The van der Waals surface area contributed by atoms with Crippen molar-refractivity contribution in [2.24, 2.45) is 0 Å². The van der Waals surface area contributed by atoms with E-state index in [9.17, 15) is 9.59 Å². The van der Waals surface area contributed by atoms with E-state index in [4.69, 9.17) is 4.74 Å². The maximum absolute atomic E-state index is 12.2. The summed E-state index contributed by atoms with van der Waals surface area (Å²) < 4.78 is 5.05. The van der Waals surface area contributed by atoms with Crippen molar-refractivity contribution in [3.05, 3.63) is 29.3 Å². The number of amides is 1. The zero-order valence-corrected chi connectivity index (χ0v) is 12.8. The van der Waals surface area contributed by atoms with Crippen LogP contribution in [0.1, 0.15) is 24.5 Å². The number of cyclic esters (lactones) is 1. The Morgan fingerprint density at radius 2 is 2.00 bits per heavy atom. The molecule has 1 heterocycles. The van der Waals surface area contributed by atoms with Crippen molar-refractivity contribution in [2.75, 3.05) is 25.0 Å². The van der Waals surface area contributed by atoms with E-state index in [0.717, 1.165) is 23.4 Å². The lowest BCUT2D eigenvalue weighted by Crippen LogP contribution is -2.50. The molecule has 0 spiro atoms. The minimum atomic E-state index is -0.477. The second-order valence-electron chi connectivity index (χ2n) is 5.44. The van der Waals surface area contributed by atoms with E-state index in [-0.39, 0.29) is 18.3 Å². The summed E-state index contributed by atoms with van der Waals surface area (Å²) >= 11 is 0. The summed E-state index contributed by atoms with van der Waals surface area (Å²) in [7, 11) is 0. The summed E-state index contributed by atoms with van der Waals surface area (Å²) in [6, 6.07) is 5.41. The number of aryl methyl sites for hydroxylation is 2. The molecule has 1 amide bonds. The van der Waals surface area contributed by atoms with Crippen LogP contribution in [-0.2, 0) is 14.3 Å². The van der Waals surface area contributed by atoms with Crippen LogP contribution in [0.15, 0.2) is 18.2 Å². The molecule has 1 aromatic carbocycles. The molecule has 0 bridgehead atoms. The SMILES string of the molecule is CCN1CCOC(=O)[C@H]1CC(=O)Nc1cc(C)cc(C)c1. The summed E-state index contributed by atoms with van der Waals surface area (Å²) in [5.41, 5.74) is 2.96. The highest BCUT2D eigenvalue weighted by atomic mass is 16.5. The highest BCUT2D eigenvalue weighted by Crippen LogP contribution is 2.16. The van der Waals surface area contributed by atoms with Gasteiger partial charge >= 0.3 is 5.97 Å². The van der Waals surface area contributed by atoms with E-state index < -0.39 is 6.04 Å². The fourth-order valence-electron chi connectivity index (χ4n) is 2.69. The zero-order chi connectivity index (χ0) is 15.4. The fraction of sp³-hybridized carbons (Fsp3) is 0.500. The third kappa shape index (κ3) is 4.04. The molecular weight excluding hydrogens is 268 g/mol. The van der Waals surface area contributed by atoms with Gasteiger partial charge in [-0.2, -0.15) is 0 Å². The van der Waals surface area contributed by atoms with Crippen LogP contribution in [0, 0.1) is 13.8 Å². The van der Waals surface area contributed by atoms with Crippen LogP contribution in [0.25, 0.3) is 0 Å². The summed E-state index contributed by atoms with van der Waals surface area (Å²) in [6.07, 6.45) is 0.125. The van der Waals surface area contributed by atoms with Gasteiger partial charge in [0.1, 0.15) is 12.6 Å². The number of hydrogen-bond acceptors (Lipinski definition) is 4. The second-order valence-corrected chi connectivity index (χ2v) is 5.44. The molecule has 5 nitrogen and oxygen atoms in total. The number of carbonyl (C=O) groups is 2. The minimum Gasteiger partial charge on any atom is -0.463 e. The molecule has 0 radical (unpaired) electrons. The number of morpholine rings is 1. The first-order valence-corrected chi connectivity index (χ1v) is 7.28. The lowest BCUT2D eigenvalue weighted by molar-refractivity contribution is -0.158. The van der Waals surface area contributed by atoms with Gasteiger partial charge in [-0.1, -0.05) is 13.0 Å². The van der Waals surface area contributed by atoms with E-state index in [0.29, 0.717) is 13.2 Å². The van der Waals surface area contributed by atoms with Gasteiger partial charge in [0, 0.05) is 12.2 Å². The Labute approximate surface area is 125 Å². The average Bonchev–Trinajstić information content (AvgIpc) is 2.39. The molecule has 21 heavy (non-hydrogen) atoms. The van der Waals surface area contributed by atoms with Crippen LogP contribution < -0.4 is 5.32 Å². The van der Waals surface area contributed by atoms with Crippen LogP contribution in [-0.4, -0.2) is 42.5 Å². The summed E-state index contributed by atoms with van der Waals surface area (Å²) in [5, 5.41) is 2.86. The summed E-state index contributed by atoms with van der Waals surface area (Å²) in [6.45, 7) is 7.77. The lowest BCUT2D eigenvalue weighted by atomic mass is 10.1. The maximum atomic E-state index is 12.2. The highest BCUT2D eigenvalue weighted by Gasteiger charge is 2.32. The van der Waals surface area contributed by atoms with Crippen molar-refractivity contribution < 1.29 is 14.3 Å². The molecule has 0 aliphatic carbocycles. The molecule has 0 unspecified atom stereocenters. The molecule has 1 fully saturated rings. The number of rotatable bonds is 4. The quantitative estimate of drug-likeness (QED) is 0.860. The maximum Gasteiger partial charge on any atom is 0.323 e. The van der Waals surface area contributed by atoms with E-state index >= 15 is 0 Å². The van der Waals surface area contributed by atoms with Gasteiger partial charge in [0.2, 0.25) is 5.91 Å². The molecule has 0 aromatic heterocycles. The molecule has 2 rings (SSSR count). The van der Waals surface area contributed by atoms with Gasteiger partial charge in [-0.15, -0.1) is 0 Å². The van der Waals surface area contributed by atoms with E-state index in [1.165, 1.54) is 0 Å². The molecule has 1 N–H and O–H groups in total. The highest BCUT2D eigenvalue weighted by molar-refractivity contribution is 5.94. The number of benzene rings is 1. The van der Waals surface area contributed by atoms with Crippen LogP contribution in [0.4, 0.5) is 5.69 Å². The van der Waals surface area contributed by atoms with Crippen LogP contribution in [0.5, 0.6) is 0 Å². The first-order valence-electron chi connectivity index (χ1n) is 7.28. The van der Waals surface area contributed by atoms with Gasteiger partial charge in [0.25, 0.3) is 0 Å². The predicted octanol–water partition coefficient (Wildman–Crippen LogP) is 1.88. The largest absolute Gasteiger partial charge is 0.463 e. The Bertz CT molecular complexity index is 522. The summed E-state index contributed by atoms with van der Waals surface area (Å²) in [5.74, 6) is -0.471. The standard InChI is InChI=1S/C16H22N2O3/c1-4-18-5-6-21-16(20)14(18)10-15(19)17-13-8-11(2)7-12(3)9-13/h7-9,14H,4-6,10H2,1-3H3,(H,17,19)/t14-/m1/s1. The van der Waals surface area contributed by atoms with Gasteiger partial charge in [-0.25, -0.2) is 0 Å². The number of nitrogens with one attached hydrogen (secondary N) is 1. The number of likely N-dealkylation sites (N-methyl/N-ethyl adjacent to an activating group) is 1. The van der Waals surface area contributed by atoms with Crippen molar-refractivity contribution in [3.8, 4) is 0 Å². The average molecular weight is 290 g/mol. The Morgan fingerprint density at radius 1 is 1.33 bits per heavy atom. The van der Waals surface area contributed by atoms with Crippen LogP contribution in [0.3, 0.4) is 0 Å². The third-order valence-corrected chi connectivity index (χ3v) is 3.63. The minimum absolute atomic E-state index is 0.125. The zero-order valence-electron chi connectivity index (χ0n) is 12.8. The van der Waals surface area contributed by atoms with Gasteiger partial charge < -0.3 is 10.1 Å². The fourth-order valence-corrected chi connectivity index (χ4v) is 2.69. The molecule has 5 heteroatoms. The Balaban J connectivity index is 2.01. The molecular formula is C16H22N2O3. The van der Waals surface area contributed by atoms with Crippen molar-refractivity contribution in [1.82, 2.24) is 4.90 Å². The van der Waals surface area contributed by atoms with E-state index in [1.54, 1.807) is 0 Å². The molecule has 0 saturated carbocycles. The second kappa shape index (κ2) is 6.72.